The molecule has 0 amide bonds. The van der Waals surface area contributed by atoms with Gasteiger partial charge in [-0.1, -0.05) is 0 Å². The Morgan fingerprint density at radius 3 is 2.80 bits per heavy atom. The smallest absolute Gasteiger partial charge is 0.395 e. The van der Waals surface area contributed by atoms with Crippen LogP contribution in [0.25, 0.3) is 16.6 Å². The first-order chi connectivity index (χ1) is 14.1. The Morgan fingerprint density at radius 2 is 2.03 bits per heavy atom. The summed E-state index contributed by atoms with van der Waals surface area (Å²) >= 11 is 0. The Bertz CT molecular complexity index is 1150. The van der Waals surface area contributed by atoms with Gasteiger partial charge < -0.3 is 15.2 Å². The molecule has 1 fully saturated rings. The number of fused-ring (bicyclic) bond motifs is 5. The van der Waals surface area contributed by atoms with Gasteiger partial charge in [0.25, 0.3) is 0 Å². The number of nitrogens with two attached hydrogens (primary N) is 1. The first-order valence-corrected chi connectivity index (χ1v) is 9.78. The molecule has 2 aliphatic rings. The molecule has 0 bridgehead atoms. The summed E-state index contributed by atoms with van der Waals surface area (Å²) in [7, 11) is 0. The van der Waals surface area contributed by atoms with Crippen LogP contribution in [-0.2, 0) is 6.42 Å². The van der Waals surface area contributed by atoms with Gasteiger partial charge in [0.1, 0.15) is 11.2 Å². The molecule has 1 unspecified atom stereocenters. The molecule has 1 aromatic carbocycles. The third-order valence-electron chi connectivity index (χ3n) is 5.66. The van der Waals surface area contributed by atoms with Crippen molar-refractivity contribution in [3.8, 4) is 11.5 Å². The molecule has 2 atom stereocenters. The number of ether oxygens (including phenoxy) is 2. The molecule has 2 aliphatic heterocycles. The van der Waals surface area contributed by atoms with E-state index >= 15 is 0 Å². The van der Waals surface area contributed by atoms with E-state index in [2.05, 4.69) is 29.4 Å². The number of benzene rings is 1. The number of rotatable bonds is 3. The standard InChI is InChI=1S/C19H21F3N6O2/c1-10(27-7-3-6-18(2,20)9-27)8-13-24-16-11-4-5-12-15(30-19(21,22)29-12)14(11)25-17(23)28(16)26-13/h4-5,10H,3,6-9H2,1-2H3,(H2,23,25)/t10-,18?/m0/s1. The van der Waals surface area contributed by atoms with E-state index in [0.29, 0.717) is 36.2 Å². The number of aromatic nitrogens is 4. The highest BCUT2D eigenvalue weighted by Crippen LogP contribution is 2.45. The third kappa shape index (κ3) is 3.17. The van der Waals surface area contributed by atoms with Gasteiger partial charge in [-0.3, -0.25) is 4.90 Å². The number of hydrogen-bond acceptors (Lipinski definition) is 7. The van der Waals surface area contributed by atoms with Gasteiger partial charge in [0.15, 0.2) is 23.0 Å². The summed E-state index contributed by atoms with van der Waals surface area (Å²) in [6.07, 6.45) is -1.91. The van der Waals surface area contributed by atoms with Crippen molar-refractivity contribution in [3.63, 3.8) is 0 Å². The Hall–Kier alpha value is -2.82. The lowest BCUT2D eigenvalue weighted by Gasteiger charge is -2.38. The lowest BCUT2D eigenvalue weighted by Crippen LogP contribution is -2.48. The maximum absolute atomic E-state index is 14.4. The summed E-state index contributed by atoms with van der Waals surface area (Å²) in [5.41, 5.74) is 5.33. The van der Waals surface area contributed by atoms with Crippen LogP contribution < -0.4 is 15.2 Å². The van der Waals surface area contributed by atoms with Gasteiger partial charge in [0.2, 0.25) is 5.95 Å². The number of likely N-dealkylation sites (tertiary alicyclic amines) is 1. The highest BCUT2D eigenvalue weighted by molar-refractivity contribution is 5.97. The molecular formula is C19H21F3N6O2. The van der Waals surface area contributed by atoms with Gasteiger partial charge >= 0.3 is 6.29 Å². The van der Waals surface area contributed by atoms with Crippen LogP contribution >= 0.6 is 0 Å². The van der Waals surface area contributed by atoms with Gasteiger partial charge in [-0.05, 0) is 45.4 Å². The summed E-state index contributed by atoms with van der Waals surface area (Å²) < 4.78 is 51.8. The van der Waals surface area contributed by atoms with Crippen molar-refractivity contribution >= 4 is 22.5 Å². The number of halogens is 3. The van der Waals surface area contributed by atoms with E-state index in [1.165, 1.54) is 10.6 Å². The van der Waals surface area contributed by atoms with E-state index in [1.807, 2.05) is 6.92 Å². The summed E-state index contributed by atoms with van der Waals surface area (Å²) in [5.74, 6) is 0.208. The number of alkyl halides is 3. The topological polar surface area (TPSA) is 90.8 Å². The van der Waals surface area contributed by atoms with Crippen molar-refractivity contribution in [1.29, 1.82) is 0 Å². The second kappa shape index (κ2) is 6.34. The minimum atomic E-state index is -3.76. The first kappa shape index (κ1) is 19.2. The molecule has 2 N–H and O–H groups in total. The number of nitrogens with zero attached hydrogens (tertiary/aromatic N) is 5. The third-order valence-corrected chi connectivity index (χ3v) is 5.66. The predicted molar refractivity (Wildman–Crippen MR) is 102 cm³/mol. The fourth-order valence-corrected chi connectivity index (χ4v) is 4.23. The van der Waals surface area contributed by atoms with E-state index in [9.17, 15) is 13.2 Å². The van der Waals surface area contributed by atoms with Gasteiger partial charge in [0.05, 0.1) is 0 Å². The molecule has 0 aliphatic carbocycles. The molecular weight excluding hydrogens is 401 g/mol. The molecule has 2 aromatic heterocycles. The molecule has 3 aromatic rings. The fourth-order valence-electron chi connectivity index (χ4n) is 4.23. The summed E-state index contributed by atoms with van der Waals surface area (Å²) in [5, 5.41) is 4.90. The second-order valence-corrected chi connectivity index (χ2v) is 8.23. The zero-order chi connectivity index (χ0) is 21.3. The summed E-state index contributed by atoms with van der Waals surface area (Å²) in [6, 6.07) is 2.98. The molecule has 30 heavy (non-hydrogen) atoms. The molecule has 11 heteroatoms. The fraction of sp³-hybridized carbons (Fsp3) is 0.526. The Balaban J connectivity index is 1.50. The maximum atomic E-state index is 14.4. The van der Waals surface area contributed by atoms with E-state index < -0.39 is 12.0 Å². The van der Waals surface area contributed by atoms with E-state index in [4.69, 9.17) is 5.73 Å². The largest absolute Gasteiger partial charge is 0.586 e. The van der Waals surface area contributed by atoms with E-state index in [0.717, 1.165) is 13.0 Å². The molecule has 0 radical (unpaired) electrons. The van der Waals surface area contributed by atoms with Crippen molar-refractivity contribution in [1.82, 2.24) is 24.5 Å². The minimum absolute atomic E-state index is 0.00887. The van der Waals surface area contributed by atoms with Gasteiger partial charge in [-0.15, -0.1) is 13.9 Å². The zero-order valence-corrected chi connectivity index (χ0v) is 16.5. The Kier molecular flexibility index (Phi) is 4.05. The van der Waals surface area contributed by atoms with Crippen molar-refractivity contribution in [2.45, 2.75) is 51.1 Å². The number of anilines is 1. The molecule has 1 saturated heterocycles. The Labute approximate surface area is 169 Å². The monoisotopic (exact) mass is 422 g/mol. The molecule has 0 spiro atoms. The number of hydrogen-bond donors (Lipinski definition) is 1. The van der Waals surface area contributed by atoms with E-state index in [-0.39, 0.29) is 29.0 Å². The molecule has 5 rings (SSSR count). The Morgan fingerprint density at radius 1 is 1.23 bits per heavy atom. The molecule has 8 nitrogen and oxygen atoms in total. The number of piperidine rings is 1. The van der Waals surface area contributed by atoms with Crippen molar-refractivity contribution < 1.29 is 22.6 Å². The molecule has 0 saturated carbocycles. The summed E-state index contributed by atoms with van der Waals surface area (Å²) in [6.45, 7) is 4.82. The second-order valence-electron chi connectivity index (χ2n) is 8.23. The highest BCUT2D eigenvalue weighted by Gasteiger charge is 2.45. The van der Waals surface area contributed by atoms with Crippen molar-refractivity contribution in [3.05, 3.63) is 18.0 Å². The van der Waals surface area contributed by atoms with Crippen molar-refractivity contribution in [2.24, 2.45) is 0 Å². The zero-order valence-electron chi connectivity index (χ0n) is 16.5. The first-order valence-electron chi connectivity index (χ1n) is 9.78. The van der Waals surface area contributed by atoms with Gasteiger partial charge in [-0.25, -0.2) is 14.4 Å². The SMILES string of the molecule is C[C@@H](Cc1nc2c3ccc4c(c3nc(N)n2n1)OC(F)(F)O4)N1CCCC(C)(F)C1. The van der Waals surface area contributed by atoms with Gasteiger partial charge in [-0.2, -0.15) is 4.52 Å². The van der Waals surface area contributed by atoms with Crippen LogP contribution in [0.2, 0.25) is 0 Å². The number of nitrogen functional groups attached to an aromatic ring is 1. The minimum Gasteiger partial charge on any atom is -0.395 e. The lowest BCUT2D eigenvalue weighted by molar-refractivity contribution is -0.286. The van der Waals surface area contributed by atoms with Crippen molar-refractivity contribution in [2.75, 3.05) is 18.8 Å². The van der Waals surface area contributed by atoms with E-state index in [1.54, 1.807) is 13.0 Å². The molecule has 4 heterocycles. The van der Waals surface area contributed by atoms with Crippen LogP contribution in [0.5, 0.6) is 11.5 Å². The summed E-state index contributed by atoms with van der Waals surface area (Å²) in [4.78, 5) is 10.8. The normalized spacial score (nSPS) is 24.6. The lowest BCUT2D eigenvalue weighted by atomic mass is 9.95. The van der Waals surface area contributed by atoms with Crippen LogP contribution in [0, 0.1) is 0 Å². The molecule has 160 valence electrons. The predicted octanol–water partition coefficient (Wildman–Crippen LogP) is 2.94. The average molecular weight is 422 g/mol. The highest BCUT2D eigenvalue weighted by atomic mass is 19.3. The quantitative estimate of drug-likeness (QED) is 0.694. The maximum Gasteiger partial charge on any atom is 0.586 e. The van der Waals surface area contributed by atoms with Gasteiger partial charge in [0, 0.05) is 24.4 Å². The van der Waals surface area contributed by atoms with Crippen LogP contribution in [0.15, 0.2) is 12.1 Å². The van der Waals surface area contributed by atoms with Crippen LogP contribution in [0.4, 0.5) is 19.1 Å². The van der Waals surface area contributed by atoms with Crippen LogP contribution in [0.3, 0.4) is 0 Å². The average Bonchev–Trinajstić information content (AvgIpc) is 3.21. The van der Waals surface area contributed by atoms with Crippen LogP contribution in [0.1, 0.15) is 32.5 Å². The van der Waals surface area contributed by atoms with Crippen LogP contribution in [-0.4, -0.2) is 55.6 Å².